The molecule has 0 bridgehead atoms. The summed E-state index contributed by atoms with van der Waals surface area (Å²) in [6.07, 6.45) is 3.40. The molecule has 4 rings (SSSR count). The van der Waals surface area contributed by atoms with Gasteiger partial charge in [-0.2, -0.15) is 0 Å². The molecule has 4 aromatic rings. The molecular weight excluding hydrogens is 276 g/mol. The summed E-state index contributed by atoms with van der Waals surface area (Å²) in [4.78, 5) is 11.7. The quantitative estimate of drug-likeness (QED) is 0.616. The van der Waals surface area contributed by atoms with Gasteiger partial charge in [0.1, 0.15) is 23.4 Å². The largest absolute Gasteiger partial charge is 0.346 e. The number of H-pyrrole nitrogens is 1. The third-order valence-corrected chi connectivity index (χ3v) is 3.73. The van der Waals surface area contributed by atoms with Crippen LogP contribution in [0.25, 0.3) is 33.7 Å². The number of hydrogen-bond acceptors (Lipinski definition) is 4. The van der Waals surface area contributed by atoms with E-state index in [-0.39, 0.29) is 0 Å². The van der Waals surface area contributed by atoms with Crippen LogP contribution < -0.4 is 0 Å². The maximum absolute atomic E-state index is 4.42. The van der Waals surface area contributed by atoms with E-state index in [1.807, 2.05) is 19.3 Å². The molecule has 1 aromatic carbocycles. The Balaban J connectivity index is 1.97. The highest BCUT2D eigenvalue weighted by molar-refractivity contribution is 5.93. The summed E-state index contributed by atoms with van der Waals surface area (Å²) in [7, 11) is 1.89. The summed E-state index contributed by atoms with van der Waals surface area (Å²) >= 11 is 0. The van der Waals surface area contributed by atoms with E-state index in [0.29, 0.717) is 0 Å². The van der Waals surface area contributed by atoms with Crippen LogP contribution in [0.4, 0.5) is 0 Å². The van der Waals surface area contributed by atoms with Crippen molar-refractivity contribution in [2.75, 3.05) is 0 Å². The van der Waals surface area contributed by atoms with Gasteiger partial charge in [-0.15, -0.1) is 5.10 Å². The van der Waals surface area contributed by atoms with Gasteiger partial charge in [0.15, 0.2) is 0 Å². The van der Waals surface area contributed by atoms with E-state index in [4.69, 9.17) is 0 Å². The van der Waals surface area contributed by atoms with Crippen LogP contribution in [0, 0.1) is 6.92 Å². The van der Waals surface area contributed by atoms with E-state index in [1.165, 1.54) is 5.56 Å². The van der Waals surface area contributed by atoms with Crippen molar-refractivity contribution in [1.82, 2.24) is 29.9 Å². The van der Waals surface area contributed by atoms with Crippen molar-refractivity contribution in [3.63, 3.8) is 0 Å². The number of hydrogen-bond donors (Lipinski definition) is 1. The van der Waals surface area contributed by atoms with Gasteiger partial charge in [-0.05, 0) is 13.0 Å². The maximum atomic E-state index is 4.42. The molecule has 0 amide bonds. The second kappa shape index (κ2) is 4.77. The van der Waals surface area contributed by atoms with Crippen molar-refractivity contribution in [3.05, 3.63) is 48.4 Å². The molecule has 0 spiro atoms. The zero-order valence-corrected chi connectivity index (χ0v) is 12.3. The topological polar surface area (TPSA) is 72.3 Å². The molecule has 1 N–H and O–H groups in total. The van der Waals surface area contributed by atoms with Crippen LogP contribution >= 0.6 is 0 Å². The summed E-state index contributed by atoms with van der Waals surface area (Å²) < 4.78 is 1.78. The summed E-state index contributed by atoms with van der Waals surface area (Å²) in [6, 6.07) is 10.3. The first-order valence-electron chi connectivity index (χ1n) is 6.99. The number of rotatable bonds is 2. The maximum Gasteiger partial charge on any atom is 0.141 e. The number of aromatic nitrogens is 6. The van der Waals surface area contributed by atoms with Gasteiger partial charge in [-0.1, -0.05) is 35.0 Å². The van der Waals surface area contributed by atoms with Crippen molar-refractivity contribution in [2.45, 2.75) is 6.92 Å². The van der Waals surface area contributed by atoms with Gasteiger partial charge in [0.05, 0.1) is 5.69 Å². The van der Waals surface area contributed by atoms with Crippen molar-refractivity contribution in [2.24, 2.45) is 7.05 Å². The van der Waals surface area contributed by atoms with Crippen LogP contribution in [0.15, 0.2) is 42.9 Å². The number of aromatic amines is 1. The molecule has 0 radical (unpaired) electrons. The van der Waals surface area contributed by atoms with Gasteiger partial charge in [0, 0.05) is 24.2 Å². The molecule has 0 unspecified atom stereocenters. The van der Waals surface area contributed by atoms with Gasteiger partial charge in [-0.25, -0.2) is 14.6 Å². The highest BCUT2D eigenvalue weighted by atomic mass is 15.4. The SMILES string of the molecule is Cc1ccc(-c2c(-c3ncnc4[nH]ccc34)nnn2C)cc1. The van der Waals surface area contributed by atoms with Gasteiger partial charge in [0.25, 0.3) is 0 Å². The fourth-order valence-corrected chi connectivity index (χ4v) is 2.61. The molecule has 0 saturated heterocycles. The van der Waals surface area contributed by atoms with E-state index in [2.05, 4.69) is 56.5 Å². The Morgan fingerprint density at radius 2 is 1.82 bits per heavy atom. The van der Waals surface area contributed by atoms with E-state index < -0.39 is 0 Å². The third kappa shape index (κ3) is 1.88. The molecule has 108 valence electrons. The van der Waals surface area contributed by atoms with E-state index in [9.17, 15) is 0 Å². The Hall–Kier alpha value is -3.02. The van der Waals surface area contributed by atoms with Crippen molar-refractivity contribution >= 4 is 11.0 Å². The average molecular weight is 290 g/mol. The van der Waals surface area contributed by atoms with Crippen LogP contribution in [-0.4, -0.2) is 29.9 Å². The third-order valence-electron chi connectivity index (χ3n) is 3.73. The second-order valence-electron chi connectivity index (χ2n) is 5.24. The lowest BCUT2D eigenvalue weighted by Crippen LogP contribution is -1.95. The highest BCUT2D eigenvalue weighted by Crippen LogP contribution is 2.31. The fourth-order valence-electron chi connectivity index (χ4n) is 2.61. The Morgan fingerprint density at radius 1 is 1.00 bits per heavy atom. The lowest BCUT2D eigenvalue weighted by atomic mass is 10.1. The summed E-state index contributed by atoms with van der Waals surface area (Å²) in [6.45, 7) is 2.07. The standard InChI is InChI=1S/C16H14N6/c1-10-3-5-11(6-4-10)15-14(20-21-22(15)2)13-12-7-8-17-16(12)19-9-18-13/h3-9H,1-2H3,(H,17,18,19). The predicted molar refractivity (Wildman–Crippen MR) is 84.1 cm³/mol. The minimum absolute atomic E-state index is 0.762. The first kappa shape index (κ1) is 12.7. The molecule has 0 aliphatic heterocycles. The molecule has 0 atom stereocenters. The molecule has 3 heterocycles. The molecule has 0 saturated carbocycles. The molecule has 0 fully saturated rings. The zero-order valence-electron chi connectivity index (χ0n) is 12.3. The zero-order chi connectivity index (χ0) is 15.1. The van der Waals surface area contributed by atoms with Crippen LogP contribution in [0.3, 0.4) is 0 Å². The molecule has 3 aromatic heterocycles. The monoisotopic (exact) mass is 290 g/mol. The normalized spacial score (nSPS) is 11.2. The smallest absolute Gasteiger partial charge is 0.141 e. The van der Waals surface area contributed by atoms with Gasteiger partial charge >= 0.3 is 0 Å². The van der Waals surface area contributed by atoms with E-state index in [1.54, 1.807) is 11.0 Å². The summed E-state index contributed by atoms with van der Waals surface area (Å²) in [5, 5.41) is 9.44. The van der Waals surface area contributed by atoms with Crippen LogP contribution in [0.1, 0.15) is 5.56 Å². The molecule has 0 aliphatic rings. The Labute approximate surface area is 126 Å². The lowest BCUT2D eigenvalue weighted by Gasteiger charge is -2.05. The Morgan fingerprint density at radius 3 is 2.64 bits per heavy atom. The second-order valence-corrected chi connectivity index (χ2v) is 5.24. The molecule has 6 nitrogen and oxygen atoms in total. The van der Waals surface area contributed by atoms with Gasteiger partial charge < -0.3 is 4.98 Å². The van der Waals surface area contributed by atoms with Crippen LogP contribution in [-0.2, 0) is 7.05 Å². The van der Waals surface area contributed by atoms with Crippen molar-refractivity contribution < 1.29 is 0 Å². The first-order chi connectivity index (χ1) is 10.7. The minimum Gasteiger partial charge on any atom is -0.346 e. The predicted octanol–water partition coefficient (Wildman–Crippen LogP) is 2.73. The average Bonchev–Trinajstić information content (AvgIpc) is 3.14. The van der Waals surface area contributed by atoms with Crippen LogP contribution in [0.5, 0.6) is 0 Å². The summed E-state index contributed by atoms with van der Waals surface area (Å²) in [5.41, 5.74) is 5.57. The van der Waals surface area contributed by atoms with Crippen molar-refractivity contribution in [3.8, 4) is 22.6 Å². The lowest BCUT2D eigenvalue weighted by molar-refractivity contribution is 0.721. The number of aryl methyl sites for hydroxylation is 2. The minimum atomic E-state index is 0.762. The molecular formula is C16H14N6. The van der Waals surface area contributed by atoms with E-state index in [0.717, 1.165) is 33.7 Å². The highest BCUT2D eigenvalue weighted by Gasteiger charge is 2.18. The molecule has 0 aliphatic carbocycles. The first-order valence-corrected chi connectivity index (χ1v) is 6.99. The van der Waals surface area contributed by atoms with Crippen molar-refractivity contribution in [1.29, 1.82) is 0 Å². The number of fused-ring (bicyclic) bond motifs is 1. The number of nitrogens with zero attached hydrogens (tertiary/aromatic N) is 5. The number of nitrogens with one attached hydrogen (secondary N) is 1. The molecule has 6 heteroatoms. The van der Waals surface area contributed by atoms with E-state index >= 15 is 0 Å². The fraction of sp³-hybridized carbons (Fsp3) is 0.125. The molecule has 22 heavy (non-hydrogen) atoms. The number of benzene rings is 1. The summed E-state index contributed by atoms with van der Waals surface area (Å²) in [5.74, 6) is 0. The van der Waals surface area contributed by atoms with Gasteiger partial charge in [0.2, 0.25) is 0 Å². The van der Waals surface area contributed by atoms with Gasteiger partial charge in [-0.3, -0.25) is 0 Å². The Bertz CT molecular complexity index is 948. The van der Waals surface area contributed by atoms with Crippen LogP contribution in [0.2, 0.25) is 0 Å². The Kier molecular flexibility index (Phi) is 2.75.